The van der Waals surface area contributed by atoms with E-state index in [-0.39, 0.29) is 0 Å². The van der Waals surface area contributed by atoms with E-state index in [9.17, 15) is 5.11 Å². The molecule has 0 aliphatic heterocycles. The Hall–Kier alpha value is -0.610. The lowest BCUT2D eigenvalue weighted by Gasteiger charge is -2.17. The minimum Gasteiger partial charge on any atom is -0.385 e. The maximum absolute atomic E-state index is 10.2. The molecule has 0 amide bonds. The first-order valence-electron chi connectivity index (χ1n) is 6.41. The van der Waals surface area contributed by atoms with Gasteiger partial charge in [0.1, 0.15) is 0 Å². The number of aliphatic hydroxyl groups is 1. The molecule has 1 N–H and O–H groups in total. The summed E-state index contributed by atoms with van der Waals surface area (Å²) in [6.45, 7) is 12.0. The van der Waals surface area contributed by atoms with Crippen LogP contribution < -0.4 is 4.90 Å². The Morgan fingerprint density at radius 1 is 1.24 bits per heavy atom. The van der Waals surface area contributed by atoms with E-state index in [1.165, 1.54) is 0 Å². The van der Waals surface area contributed by atoms with Gasteiger partial charge in [-0.3, -0.25) is 0 Å². The first kappa shape index (κ1) is 14.5. The van der Waals surface area contributed by atoms with E-state index < -0.39 is 5.60 Å². The van der Waals surface area contributed by atoms with E-state index >= 15 is 0 Å². The normalized spacial score (nSPS) is 11.9. The van der Waals surface area contributed by atoms with Crippen LogP contribution in [0.15, 0.2) is 0 Å². The van der Waals surface area contributed by atoms with Gasteiger partial charge in [0.05, 0.1) is 16.2 Å². The second kappa shape index (κ2) is 5.83. The molecule has 3 nitrogen and oxygen atoms in total. The fourth-order valence-corrected chi connectivity index (χ4v) is 3.09. The first-order chi connectivity index (χ1) is 7.93. The maximum Gasteiger partial charge on any atom is 0.185 e. The Morgan fingerprint density at radius 2 is 1.82 bits per heavy atom. The van der Waals surface area contributed by atoms with Crippen molar-refractivity contribution in [2.75, 3.05) is 18.0 Å². The van der Waals surface area contributed by atoms with E-state index in [0.717, 1.165) is 41.6 Å². The van der Waals surface area contributed by atoms with Crippen LogP contribution in [-0.4, -0.2) is 23.2 Å². The number of anilines is 1. The topological polar surface area (TPSA) is 36.4 Å². The highest BCUT2D eigenvalue weighted by Gasteiger charge is 2.25. The van der Waals surface area contributed by atoms with Crippen LogP contribution in [0, 0.1) is 0 Å². The first-order valence-corrected chi connectivity index (χ1v) is 7.23. The molecular weight excluding hydrogens is 232 g/mol. The largest absolute Gasteiger partial charge is 0.385 e. The Bertz CT molecular complexity index is 351. The van der Waals surface area contributed by atoms with Crippen molar-refractivity contribution >= 4 is 16.5 Å². The van der Waals surface area contributed by atoms with Crippen LogP contribution in [0.5, 0.6) is 0 Å². The monoisotopic (exact) mass is 256 g/mol. The standard InChI is InChI=1S/C13H24N2OS/c1-6-9-10-11(13(4,5)16)17-12(14-10)15(7-2)8-3/h16H,6-9H2,1-5H3. The molecule has 0 spiro atoms. The molecule has 1 heterocycles. The molecule has 0 unspecified atom stereocenters. The highest BCUT2D eigenvalue weighted by Crippen LogP contribution is 2.34. The third-order valence-electron chi connectivity index (χ3n) is 2.76. The maximum atomic E-state index is 10.2. The van der Waals surface area contributed by atoms with Gasteiger partial charge in [0.2, 0.25) is 0 Å². The smallest absolute Gasteiger partial charge is 0.185 e. The van der Waals surface area contributed by atoms with Crippen molar-refractivity contribution < 1.29 is 5.11 Å². The summed E-state index contributed by atoms with van der Waals surface area (Å²) in [5.41, 5.74) is 0.278. The van der Waals surface area contributed by atoms with E-state index in [4.69, 9.17) is 4.98 Å². The van der Waals surface area contributed by atoms with Crippen molar-refractivity contribution in [1.29, 1.82) is 0 Å². The number of thiazole rings is 1. The van der Waals surface area contributed by atoms with Crippen molar-refractivity contribution in [3.63, 3.8) is 0 Å². The van der Waals surface area contributed by atoms with Gasteiger partial charge in [0.15, 0.2) is 5.13 Å². The van der Waals surface area contributed by atoms with Gasteiger partial charge >= 0.3 is 0 Å². The molecule has 1 rings (SSSR count). The van der Waals surface area contributed by atoms with Gasteiger partial charge < -0.3 is 10.0 Å². The molecule has 0 aliphatic carbocycles. The summed E-state index contributed by atoms with van der Waals surface area (Å²) in [4.78, 5) is 7.94. The summed E-state index contributed by atoms with van der Waals surface area (Å²) in [6, 6.07) is 0. The molecule has 98 valence electrons. The lowest BCUT2D eigenvalue weighted by atomic mass is 10.0. The fraction of sp³-hybridized carbons (Fsp3) is 0.769. The summed E-state index contributed by atoms with van der Waals surface area (Å²) < 4.78 is 0. The predicted molar refractivity (Wildman–Crippen MR) is 74.9 cm³/mol. The molecule has 17 heavy (non-hydrogen) atoms. The molecular formula is C13H24N2OS. The SMILES string of the molecule is CCCc1nc(N(CC)CC)sc1C(C)(C)O. The van der Waals surface area contributed by atoms with Crippen molar-refractivity contribution in [3.8, 4) is 0 Å². The summed E-state index contributed by atoms with van der Waals surface area (Å²) >= 11 is 1.63. The second-order valence-corrected chi connectivity index (χ2v) is 5.73. The number of aromatic nitrogens is 1. The molecule has 1 aromatic rings. The molecule has 4 heteroatoms. The summed E-state index contributed by atoms with van der Waals surface area (Å²) in [5, 5.41) is 11.2. The second-order valence-electron chi connectivity index (χ2n) is 4.75. The zero-order chi connectivity index (χ0) is 13.1. The molecule has 1 aromatic heterocycles. The van der Waals surface area contributed by atoms with Crippen molar-refractivity contribution in [1.82, 2.24) is 4.98 Å². The number of hydrogen-bond acceptors (Lipinski definition) is 4. The van der Waals surface area contributed by atoms with Gasteiger partial charge in [0.25, 0.3) is 0 Å². The Labute approximate surface area is 108 Å². The molecule has 0 saturated heterocycles. The molecule has 0 bridgehead atoms. The zero-order valence-electron chi connectivity index (χ0n) is 11.6. The van der Waals surface area contributed by atoms with Crippen LogP contribution >= 0.6 is 11.3 Å². The minimum atomic E-state index is -0.784. The van der Waals surface area contributed by atoms with Crippen molar-refractivity contribution in [2.45, 2.75) is 53.1 Å². The van der Waals surface area contributed by atoms with Crippen LogP contribution in [0.1, 0.15) is 51.6 Å². The minimum absolute atomic E-state index is 0.784. The van der Waals surface area contributed by atoms with Gasteiger partial charge in [-0.2, -0.15) is 0 Å². The molecule has 0 saturated carbocycles. The van der Waals surface area contributed by atoms with Crippen molar-refractivity contribution in [3.05, 3.63) is 10.6 Å². The predicted octanol–water partition coefficient (Wildman–Crippen LogP) is 3.17. The van der Waals surface area contributed by atoms with E-state index in [1.807, 2.05) is 13.8 Å². The average Bonchev–Trinajstić information content (AvgIpc) is 2.64. The Balaban J connectivity index is 3.11. The average molecular weight is 256 g/mol. The van der Waals surface area contributed by atoms with E-state index in [2.05, 4.69) is 25.7 Å². The molecule has 0 fully saturated rings. The molecule has 0 aliphatic rings. The number of aryl methyl sites for hydroxylation is 1. The van der Waals surface area contributed by atoms with Crippen LogP contribution in [0.4, 0.5) is 5.13 Å². The highest BCUT2D eigenvalue weighted by molar-refractivity contribution is 7.15. The number of hydrogen-bond donors (Lipinski definition) is 1. The number of nitrogens with zero attached hydrogens (tertiary/aromatic N) is 2. The quantitative estimate of drug-likeness (QED) is 0.849. The lowest BCUT2D eigenvalue weighted by molar-refractivity contribution is 0.0813. The van der Waals surface area contributed by atoms with Gasteiger partial charge in [-0.15, -0.1) is 0 Å². The van der Waals surface area contributed by atoms with Gasteiger partial charge in [-0.05, 0) is 34.1 Å². The third-order valence-corrected chi connectivity index (χ3v) is 4.23. The molecule has 0 radical (unpaired) electrons. The zero-order valence-corrected chi connectivity index (χ0v) is 12.4. The van der Waals surface area contributed by atoms with Crippen LogP contribution in [0.3, 0.4) is 0 Å². The van der Waals surface area contributed by atoms with E-state index in [1.54, 1.807) is 11.3 Å². The Morgan fingerprint density at radius 3 is 2.24 bits per heavy atom. The molecule has 0 atom stereocenters. The van der Waals surface area contributed by atoms with Gasteiger partial charge in [-0.1, -0.05) is 24.7 Å². The number of rotatable bonds is 6. The lowest BCUT2D eigenvalue weighted by Crippen LogP contribution is -2.21. The molecule has 0 aromatic carbocycles. The Kier molecular flexibility index (Phi) is 4.95. The van der Waals surface area contributed by atoms with Crippen LogP contribution in [0.25, 0.3) is 0 Å². The fourth-order valence-electron chi connectivity index (χ4n) is 1.85. The highest BCUT2D eigenvalue weighted by atomic mass is 32.1. The third kappa shape index (κ3) is 3.42. The summed E-state index contributed by atoms with van der Waals surface area (Å²) in [5.74, 6) is 0. The van der Waals surface area contributed by atoms with Crippen LogP contribution in [-0.2, 0) is 12.0 Å². The van der Waals surface area contributed by atoms with Crippen LogP contribution in [0.2, 0.25) is 0 Å². The van der Waals surface area contributed by atoms with Gasteiger partial charge in [0, 0.05) is 13.1 Å². The summed E-state index contributed by atoms with van der Waals surface area (Å²) in [6.07, 6.45) is 2.00. The van der Waals surface area contributed by atoms with Gasteiger partial charge in [-0.25, -0.2) is 4.98 Å². The van der Waals surface area contributed by atoms with E-state index in [0.29, 0.717) is 0 Å². The summed E-state index contributed by atoms with van der Waals surface area (Å²) in [7, 11) is 0. The van der Waals surface area contributed by atoms with Crippen molar-refractivity contribution in [2.24, 2.45) is 0 Å².